The van der Waals surface area contributed by atoms with Gasteiger partial charge in [-0.05, 0) is 25.7 Å². The predicted molar refractivity (Wildman–Crippen MR) is 182 cm³/mol. The lowest BCUT2D eigenvalue weighted by Gasteiger charge is -2.33. The van der Waals surface area contributed by atoms with Crippen LogP contribution in [0.5, 0.6) is 0 Å². The van der Waals surface area contributed by atoms with Gasteiger partial charge in [-0.1, -0.05) is 188 Å². The molecule has 40 heavy (non-hydrogen) atoms. The average molecular weight is 561 g/mol. The SMILES string of the molecule is CCCCCCCCCCCCCCCCCCCN1C=CN(CCCCC)C1CCCCCCCCCCC. The van der Waals surface area contributed by atoms with Crippen LogP contribution in [0, 0.1) is 0 Å². The molecule has 0 saturated carbocycles. The van der Waals surface area contributed by atoms with Crippen LogP contribution in [-0.4, -0.2) is 29.1 Å². The summed E-state index contributed by atoms with van der Waals surface area (Å²) in [6.07, 6.45) is 48.5. The Bertz CT molecular complexity index is 516. The van der Waals surface area contributed by atoms with Crippen LogP contribution in [0.2, 0.25) is 0 Å². The van der Waals surface area contributed by atoms with Gasteiger partial charge in [-0.3, -0.25) is 0 Å². The Morgan fingerprint density at radius 3 is 0.925 bits per heavy atom. The van der Waals surface area contributed by atoms with E-state index >= 15 is 0 Å². The third-order valence-corrected chi connectivity index (χ3v) is 9.32. The second kappa shape index (κ2) is 29.8. The van der Waals surface area contributed by atoms with E-state index in [0.717, 1.165) is 0 Å². The third-order valence-electron chi connectivity index (χ3n) is 9.32. The van der Waals surface area contributed by atoms with Gasteiger partial charge in [0.2, 0.25) is 0 Å². The Kier molecular flexibility index (Phi) is 27.9. The standard InChI is InChI=1S/C38H76N2/c1-4-7-10-12-14-16-17-18-19-20-21-22-23-25-27-29-32-35-40-37-36-39(34-31-9-6-3)38(40)33-30-28-26-24-15-13-11-8-5-2/h36-38H,4-35H2,1-3H3. The highest BCUT2D eigenvalue weighted by atomic mass is 15.4. The number of nitrogens with zero attached hydrogens (tertiary/aromatic N) is 2. The molecular weight excluding hydrogens is 484 g/mol. The van der Waals surface area contributed by atoms with Crippen molar-refractivity contribution in [1.82, 2.24) is 9.80 Å². The summed E-state index contributed by atoms with van der Waals surface area (Å²) in [6, 6.07) is 0. The Balaban J connectivity index is 2.04. The first kappa shape index (κ1) is 37.4. The first-order chi connectivity index (χ1) is 19.8. The lowest BCUT2D eigenvalue weighted by Crippen LogP contribution is -2.39. The fraction of sp³-hybridized carbons (Fsp3) is 0.947. The summed E-state index contributed by atoms with van der Waals surface area (Å²) in [5.74, 6) is 0. The predicted octanol–water partition coefficient (Wildman–Crippen LogP) is 13.2. The molecule has 0 N–H and O–H groups in total. The molecule has 1 atom stereocenters. The van der Waals surface area contributed by atoms with Crippen LogP contribution >= 0.6 is 0 Å². The molecule has 0 aromatic rings. The molecule has 2 nitrogen and oxygen atoms in total. The van der Waals surface area contributed by atoms with E-state index in [9.17, 15) is 0 Å². The van der Waals surface area contributed by atoms with Gasteiger partial charge in [-0.25, -0.2) is 0 Å². The van der Waals surface area contributed by atoms with Crippen molar-refractivity contribution < 1.29 is 0 Å². The molecule has 1 aliphatic heterocycles. The van der Waals surface area contributed by atoms with E-state index in [1.807, 2.05) is 0 Å². The minimum atomic E-state index is 0.641. The summed E-state index contributed by atoms with van der Waals surface area (Å²) in [4.78, 5) is 5.37. The maximum atomic E-state index is 2.70. The van der Waals surface area contributed by atoms with Crippen LogP contribution in [0.4, 0.5) is 0 Å². The molecule has 1 heterocycles. The van der Waals surface area contributed by atoms with E-state index in [1.54, 1.807) is 0 Å². The van der Waals surface area contributed by atoms with Crippen molar-refractivity contribution in [2.24, 2.45) is 0 Å². The minimum absolute atomic E-state index is 0.641. The molecule has 238 valence electrons. The second-order valence-electron chi connectivity index (χ2n) is 13.2. The normalized spacial score (nSPS) is 15.1. The van der Waals surface area contributed by atoms with Crippen LogP contribution < -0.4 is 0 Å². The van der Waals surface area contributed by atoms with Gasteiger partial charge in [-0.15, -0.1) is 0 Å². The molecule has 1 rings (SSSR count). The molecular formula is C38H76N2. The topological polar surface area (TPSA) is 6.48 Å². The van der Waals surface area contributed by atoms with Crippen molar-refractivity contribution in [2.75, 3.05) is 13.1 Å². The molecule has 1 unspecified atom stereocenters. The smallest absolute Gasteiger partial charge is 0.101 e. The monoisotopic (exact) mass is 561 g/mol. The molecule has 0 amide bonds. The quantitative estimate of drug-likeness (QED) is 0.0755. The zero-order valence-electron chi connectivity index (χ0n) is 28.3. The first-order valence-corrected chi connectivity index (χ1v) is 19.0. The summed E-state index contributed by atoms with van der Waals surface area (Å²) in [5, 5.41) is 0. The van der Waals surface area contributed by atoms with Crippen LogP contribution in [0.3, 0.4) is 0 Å². The zero-order chi connectivity index (χ0) is 28.8. The molecule has 0 radical (unpaired) electrons. The van der Waals surface area contributed by atoms with E-state index in [2.05, 4.69) is 43.0 Å². The molecule has 1 aliphatic rings. The average Bonchev–Trinajstić information content (AvgIpc) is 3.35. The van der Waals surface area contributed by atoms with E-state index < -0.39 is 0 Å². The van der Waals surface area contributed by atoms with Crippen molar-refractivity contribution in [3.05, 3.63) is 12.4 Å². The second-order valence-corrected chi connectivity index (χ2v) is 13.2. The lowest BCUT2D eigenvalue weighted by molar-refractivity contribution is 0.135. The van der Waals surface area contributed by atoms with Crippen LogP contribution in [-0.2, 0) is 0 Å². The molecule has 0 aromatic carbocycles. The van der Waals surface area contributed by atoms with Crippen molar-refractivity contribution in [3.8, 4) is 0 Å². The molecule has 0 aromatic heterocycles. The molecule has 0 aliphatic carbocycles. The third kappa shape index (κ3) is 22.0. The van der Waals surface area contributed by atoms with E-state index in [0.29, 0.717) is 6.17 Å². The fourth-order valence-corrected chi connectivity index (χ4v) is 6.54. The maximum Gasteiger partial charge on any atom is 0.101 e. The summed E-state index contributed by atoms with van der Waals surface area (Å²) >= 11 is 0. The molecule has 0 bridgehead atoms. The zero-order valence-corrected chi connectivity index (χ0v) is 28.3. The number of rotatable bonds is 32. The summed E-state index contributed by atoms with van der Waals surface area (Å²) in [5.41, 5.74) is 0. The van der Waals surface area contributed by atoms with Crippen molar-refractivity contribution in [2.45, 2.75) is 220 Å². The van der Waals surface area contributed by atoms with Crippen LogP contribution in [0.25, 0.3) is 0 Å². The highest BCUT2D eigenvalue weighted by molar-refractivity contribution is 4.97. The fourth-order valence-electron chi connectivity index (χ4n) is 6.54. The lowest BCUT2D eigenvalue weighted by atomic mass is 10.0. The van der Waals surface area contributed by atoms with Crippen molar-refractivity contribution in [1.29, 1.82) is 0 Å². The van der Waals surface area contributed by atoms with E-state index in [1.165, 1.54) is 206 Å². The Morgan fingerprint density at radius 2 is 0.575 bits per heavy atom. The van der Waals surface area contributed by atoms with Gasteiger partial charge in [0, 0.05) is 25.5 Å². The summed E-state index contributed by atoms with van der Waals surface area (Å²) in [7, 11) is 0. The molecule has 0 saturated heterocycles. The maximum absolute atomic E-state index is 2.70. The number of hydrogen-bond donors (Lipinski definition) is 0. The van der Waals surface area contributed by atoms with Gasteiger partial charge in [-0.2, -0.15) is 0 Å². The molecule has 0 fully saturated rings. The van der Waals surface area contributed by atoms with Gasteiger partial charge >= 0.3 is 0 Å². The van der Waals surface area contributed by atoms with Crippen LogP contribution in [0.1, 0.15) is 213 Å². The summed E-state index contributed by atoms with van der Waals surface area (Å²) in [6.45, 7) is 9.46. The Morgan fingerprint density at radius 1 is 0.325 bits per heavy atom. The van der Waals surface area contributed by atoms with Crippen LogP contribution in [0.15, 0.2) is 12.4 Å². The van der Waals surface area contributed by atoms with Gasteiger partial charge < -0.3 is 9.80 Å². The highest BCUT2D eigenvalue weighted by Crippen LogP contribution is 2.24. The Hall–Kier alpha value is -0.660. The first-order valence-electron chi connectivity index (χ1n) is 19.0. The summed E-state index contributed by atoms with van der Waals surface area (Å²) < 4.78 is 0. The van der Waals surface area contributed by atoms with Gasteiger partial charge in [0.25, 0.3) is 0 Å². The number of hydrogen-bond acceptors (Lipinski definition) is 2. The van der Waals surface area contributed by atoms with E-state index in [-0.39, 0.29) is 0 Å². The van der Waals surface area contributed by atoms with Gasteiger partial charge in [0.05, 0.1) is 0 Å². The number of unbranched alkanes of at least 4 members (excludes halogenated alkanes) is 26. The Labute approximate surface area is 254 Å². The molecule has 0 spiro atoms. The van der Waals surface area contributed by atoms with Crippen molar-refractivity contribution in [3.63, 3.8) is 0 Å². The van der Waals surface area contributed by atoms with Crippen molar-refractivity contribution >= 4 is 0 Å². The van der Waals surface area contributed by atoms with E-state index in [4.69, 9.17) is 0 Å². The van der Waals surface area contributed by atoms with Gasteiger partial charge in [0.15, 0.2) is 0 Å². The van der Waals surface area contributed by atoms with Gasteiger partial charge in [0.1, 0.15) is 6.17 Å². The highest BCUT2D eigenvalue weighted by Gasteiger charge is 2.24. The molecule has 2 heteroatoms. The minimum Gasteiger partial charge on any atom is -0.356 e. The largest absolute Gasteiger partial charge is 0.356 e.